The molecule has 0 aliphatic heterocycles. The lowest BCUT2D eigenvalue weighted by atomic mass is 10.2. The van der Waals surface area contributed by atoms with Gasteiger partial charge < -0.3 is 10.6 Å². The summed E-state index contributed by atoms with van der Waals surface area (Å²) in [6, 6.07) is 7.93. The van der Waals surface area contributed by atoms with E-state index < -0.39 is 0 Å². The topological polar surface area (TPSA) is 42.1 Å². The van der Waals surface area contributed by atoms with Crippen molar-refractivity contribution in [3.63, 3.8) is 0 Å². The number of anilines is 2. The van der Waals surface area contributed by atoms with Gasteiger partial charge in [0.15, 0.2) is 5.13 Å². The van der Waals surface area contributed by atoms with E-state index in [1.165, 1.54) is 5.56 Å². The minimum atomic E-state index is 0.806. The first-order chi connectivity index (χ1) is 7.25. The van der Waals surface area contributed by atoms with Crippen LogP contribution in [0.15, 0.2) is 35.8 Å². The maximum Gasteiger partial charge on any atom is 0.185 e. The van der Waals surface area contributed by atoms with E-state index in [1.807, 2.05) is 36.8 Å². The summed E-state index contributed by atoms with van der Waals surface area (Å²) in [5.74, 6) is 0. The fraction of sp³-hybridized carbons (Fsp3) is 0.182. The zero-order valence-electron chi connectivity index (χ0n) is 8.55. The number of thiazole rings is 1. The first kappa shape index (κ1) is 9.98. The first-order valence-electron chi connectivity index (χ1n) is 4.71. The van der Waals surface area contributed by atoms with Crippen molar-refractivity contribution in [2.45, 2.75) is 6.54 Å². The highest BCUT2D eigenvalue weighted by atomic mass is 32.1. The molecule has 3 nitrogen and oxygen atoms in total. The Bertz CT molecular complexity index is 425. The lowest BCUT2D eigenvalue weighted by Gasteiger charge is -2.15. The van der Waals surface area contributed by atoms with E-state index in [4.69, 9.17) is 5.73 Å². The molecule has 0 aliphatic carbocycles. The SMILES string of the molecule is CN(Cc1cccc(N)c1)c1nccs1. The van der Waals surface area contributed by atoms with Crippen LogP contribution in [0.5, 0.6) is 0 Å². The van der Waals surface area contributed by atoms with Crippen LogP contribution in [0, 0.1) is 0 Å². The minimum absolute atomic E-state index is 0.806. The van der Waals surface area contributed by atoms with Crippen LogP contribution in [0.2, 0.25) is 0 Å². The second-order valence-electron chi connectivity index (χ2n) is 3.42. The molecule has 0 unspecified atom stereocenters. The van der Waals surface area contributed by atoms with Crippen LogP contribution in [-0.2, 0) is 6.54 Å². The van der Waals surface area contributed by atoms with Crippen LogP contribution in [-0.4, -0.2) is 12.0 Å². The fourth-order valence-electron chi connectivity index (χ4n) is 1.44. The van der Waals surface area contributed by atoms with Crippen LogP contribution in [0.3, 0.4) is 0 Å². The summed E-state index contributed by atoms with van der Waals surface area (Å²) in [5, 5.41) is 3.00. The molecule has 0 amide bonds. The smallest absolute Gasteiger partial charge is 0.185 e. The second-order valence-corrected chi connectivity index (χ2v) is 4.29. The summed E-state index contributed by atoms with van der Waals surface area (Å²) in [6.07, 6.45) is 1.82. The van der Waals surface area contributed by atoms with Crippen molar-refractivity contribution in [3.05, 3.63) is 41.4 Å². The van der Waals surface area contributed by atoms with Gasteiger partial charge in [0, 0.05) is 30.9 Å². The van der Waals surface area contributed by atoms with Crippen LogP contribution in [0.4, 0.5) is 10.8 Å². The molecule has 4 heteroatoms. The van der Waals surface area contributed by atoms with Gasteiger partial charge in [-0.25, -0.2) is 4.98 Å². The molecule has 0 saturated heterocycles. The predicted molar refractivity (Wildman–Crippen MR) is 65.1 cm³/mol. The van der Waals surface area contributed by atoms with E-state index in [0.717, 1.165) is 17.4 Å². The number of aromatic nitrogens is 1. The number of nitrogens with two attached hydrogens (primary N) is 1. The van der Waals surface area contributed by atoms with Gasteiger partial charge in [0.1, 0.15) is 0 Å². The largest absolute Gasteiger partial charge is 0.399 e. The molecule has 15 heavy (non-hydrogen) atoms. The van der Waals surface area contributed by atoms with Crippen molar-refractivity contribution in [3.8, 4) is 0 Å². The molecule has 2 rings (SSSR count). The molecule has 2 N–H and O–H groups in total. The normalized spacial score (nSPS) is 10.2. The van der Waals surface area contributed by atoms with Crippen molar-refractivity contribution in [1.82, 2.24) is 4.98 Å². The van der Waals surface area contributed by atoms with Gasteiger partial charge in [-0.2, -0.15) is 0 Å². The monoisotopic (exact) mass is 219 g/mol. The third-order valence-electron chi connectivity index (χ3n) is 2.12. The van der Waals surface area contributed by atoms with Gasteiger partial charge in [0.25, 0.3) is 0 Å². The summed E-state index contributed by atoms with van der Waals surface area (Å²) in [6.45, 7) is 0.832. The molecule has 2 aromatic rings. The summed E-state index contributed by atoms with van der Waals surface area (Å²) in [4.78, 5) is 6.36. The molecule has 78 valence electrons. The Balaban J connectivity index is 2.09. The van der Waals surface area contributed by atoms with E-state index in [2.05, 4.69) is 16.0 Å². The van der Waals surface area contributed by atoms with Crippen molar-refractivity contribution in [1.29, 1.82) is 0 Å². The number of nitrogen functional groups attached to an aromatic ring is 1. The van der Waals surface area contributed by atoms with Gasteiger partial charge >= 0.3 is 0 Å². The summed E-state index contributed by atoms with van der Waals surface area (Å²) >= 11 is 1.64. The van der Waals surface area contributed by atoms with E-state index in [9.17, 15) is 0 Å². The highest BCUT2D eigenvalue weighted by Crippen LogP contribution is 2.18. The van der Waals surface area contributed by atoms with Crippen molar-refractivity contribution in [2.75, 3.05) is 17.7 Å². The lowest BCUT2D eigenvalue weighted by Crippen LogP contribution is -2.15. The van der Waals surface area contributed by atoms with E-state index >= 15 is 0 Å². The lowest BCUT2D eigenvalue weighted by molar-refractivity contribution is 0.915. The second kappa shape index (κ2) is 4.31. The number of hydrogen-bond donors (Lipinski definition) is 1. The van der Waals surface area contributed by atoms with E-state index in [1.54, 1.807) is 11.3 Å². The maximum atomic E-state index is 5.72. The maximum absolute atomic E-state index is 5.72. The average Bonchev–Trinajstić information content (AvgIpc) is 2.70. The zero-order chi connectivity index (χ0) is 10.7. The van der Waals surface area contributed by atoms with Crippen LogP contribution < -0.4 is 10.6 Å². The Morgan fingerprint density at radius 1 is 1.47 bits per heavy atom. The van der Waals surface area contributed by atoms with Crippen LogP contribution in [0.25, 0.3) is 0 Å². The number of benzene rings is 1. The fourth-order valence-corrected chi connectivity index (χ4v) is 2.05. The highest BCUT2D eigenvalue weighted by molar-refractivity contribution is 7.13. The molecule has 1 aromatic heterocycles. The van der Waals surface area contributed by atoms with Gasteiger partial charge in [-0.3, -0.25) is 0 Å². The van der Waals surface area contributed by atoms with E-state index in [0.29, 0.717) is 0 Å². The molecule has 0 radical (unpaired) electrons. The molecular weight excluding hydrogens is 206 g/mol. The molecule has 0 fully saturated rings. The molecule has 0 atom stereocenters. The Morgan fingerprint density at radius 3 is 3.00 bits per heavy atom. The quantitative estimate of drug-likeness (QED) is 0.806. The third-order valence-corrected chi connectivity index (χ3v) is 3.00. The Labute approximate surface area is 93.2 Å². The molecule has 1 aromatic carbocycles. The van der Waals surface area contributed by atoms with Gasteiger partial charge in [0.05, 0.1) is 0 Å². The summed E-state index contributed by atoms with van der Waals surface area (Å²) in [7, 11) is 2.03. The molecule has 1 heterocycles. The van der Waals surface area contributed by atoms with Crippen LogP contribution >= 0.6 is 11.3 Å². The summed E-state index contributed by atoms with van der Waals surface area (Å²) in [5.41, 5.74) is 7.73. The number of hydrogen-bond acceptors (Lipinski definition) is 4. The van der Waals surface area contributed by atoms with E-state index in [-0.39, 0.29) is 0 Å². The zero-order valence-corrected chi connectivity index (χ0v) is 9.37. The van der Waals surface area contributed by atoms with Gasteiger partial charge in [-0.1, -0.05) is 12.1 Å². The third kappa shape index (κ3) is 2.47. The molecular formula is C11H13N3S. The minimum Gasteiger partial charge on any atom is -0.399 e. The van der Waals surface area contributed by atoms with Gasteiger partial charge in [0.2, 0.25) is 0 Å². The standard InChI is InChI=1S/C11H13N3S/c1-14(11-13-5-6-15-11)8-9-3-2-4-10(12)7-9/h2-7H,8,12H2,1H3. The first-order valence-corrected chi connectivity index (χ1v) is 5.59. The van der Waals surface area contributed by atoms with Crippen LogP contribution in [0.1, 0.15) is 5.56 Å². The van der Waals surface area contributed by atoms with Crippen molar-refractivity contribution < 1.29 is 0 Å². The average molecular weight is 219 g/mol. The van der Waals surface area contributed by atoms with Crippen molar-refractivity contribution in [2.24, 2.45) is 0 Å². The molecule has 0 saturated carbocycles. The van der Waals surface area contributed by atoms with Gasteiger partial charge in [-0.05, 0) is 17.7 Å². The Kier molecular flexibility index (Phi) is 2.87. The Morgan fingerprint density at radius 2 is 2.33 bits per heavy atom. The Hall–Kier alpha value is -1.55. The van der Waals surface area contributed by atoms with Gasteiger partial charge in [-0.15, -0.1) is 11.3 Å². The molecule has 0 spiro atoms. The molecule has 0 bridgehead atoms. The predicted octanol–water partition coefficient (Wildman–Crippen LogP) is 2.36. The molecule has 0 aliphatic rings. The highest BCUT2D eigenvalue weighted by Gasteiger charge is 2.03. The summed E-state index contributed by atoms with van der Waals surface area (Å²) < 4.78 is 0. The van der Waals surface area contributed by atoms with Crippen molar-refractivity contribution >= 4 is 22.2 Å². The number of nitrogens with zero attached hydrogens (tertiary/aromatic N) is 2. The number of rotatable bonds is 3.